The van der Waals surface area contributed by atoms with Crippen molar-refractivity contribution in [3.63, 3.8) is 0 Å². The van der Waals surface area contributed by atoms with Gasteiger partial charge in [-0.15, -0.1) is 0 Å². The van der Waals surface area contributed by atoms with Crippen LogP contribution in [0.2, 0.25) is 0 Å². The van der Waals surface area contributed by atoms with Gasteiger partial charge >= 0.3 is 0 Å². The molecule has 2 rings (SSSR count). The average molecular weight is 214 g/mol. The molecule has 0 saturated carbocycles. The number of rotatable bonds is 3. The summed E-state index contributed by atoms with van der Waals surface area (Å²) >= 11 is 4.35. The molecule has 1 atom stereocenters. The molecule has 2 nitrogen and oxygen atoms in total. The minimum absolute atomic E-state index is 0.672. The fourth-order valence-electron chi connectivity index (χ4n) is 3.04. The molecule has 0 aromatic heterocycles. The van der Waals surface area contributed by atoms with Crippen molar-refractivity contribution in [1.29, 1.82) is 0 Å². The van der Waals surface area contributed by atoms with Crippen LogP contribution in [0.4, 0.5) is 0 Å². The van der Waals surface area contributed by atoms with Crippen molar-refractivity contribution >= 4 is 12.6 Å². The van der Waals surface area contributed by atoms with E-state index in [9.17, 15) is 0 Å². The van der Waals surface area contributed by atoms with Gasteiger partial charge in [0.2, 0.25) is 0 Å². The summed E-state index contributed by atoms with van der Waals surface area (Å²) in [6.07, 6.45) is 1.41. The first-order valence-electron chi connectivity index (χ1n) is 5.65. The van der Waals surface area contributed by atoms with Gasteiger partial charge in [-0.25, -0.2) is 0 Å². The van der Waals surface area contributed by atoms with Crippen molar-refractivity contribution < 1.29 is 0 Å². The molecular weight excluding hydrogens is 192 g/mol. The predicted octanol–water partition coefficient (Wildman–Crippen LogP) is 1.19. The van der Waals surface area contributed by atoms with Crippen LogP contribution in [0, 0.1) is 11.3 Å². The van der Waals surface area contributed by atoms with Crippen LogP contribution in [0.15, 0.2) is 0 Å². The van der Waals surface area contributed by atoms with Crippen molar-refractivity contribution in [2.24, 2.45) is 11.3 Å². The zero-order chi connectivity index (χ0) is 10.2. The molecule has 3 heteroatoms. The fourth-order valence-corrected chi connectivity index (χ4v) is 3.15. The van der Waals surface area contributed by atoms with Crippen LogP contribution < -0.4 is 0 Å². The zero-order valence-electron chi connectivity index (χ0n) is 9.37. The van der Waals surface area contributed by atoms with E-state index < -0.39 is 0 Å². The number of hydrogen-bond donors (Lipinski definition) is 1. The fraction of sp³-hybridized carbons (Fsp3) is 1.00. The second-order valence-electron chi connectivity index (χ2n) is 5.45. The summed E-state index contributed by atoms with van der Waals surface area (Å²) in [5, 5.41) is 0. The van der Waals surface area contributed by atoms with Crippen LogP contribution >= 0.6 is 12.6 Å². The van der Waals surface area contributed by atoms with E-state index in [1.54, 1.807) is 0 Å². The third-order valence-electron chi connectivity index (χ3n) is 3.61. The Hall–Kier alpha value is 0.270. The first kappa shape index (κ1) is 10.8. The number of likely N-dealkylation sites (tertiary alicyclic amines) is 2. The number of hydrogen-bond acceptors (Lipinski definition) is 3. The molecule has 0 amide bonds. The van der Waals surface area contributed by atoms with Gasteiger partial charge in [0.25, 0.3) is 0 Å². The maximum absolute atomic E-state index is 4.35. The molecule has 1 unspecified atom stereocenters. The highest BCUT2D eigenvalue weighted by molar-refractivity contribution is 7.80. The summed E-state index contributed by atoms with van der Waals surface area (Å²) in [5.41, 5.74) is 0.672. The van der Waals surface area contributed by atoms with Crippen LogP contribution in [0.1, 0.15) is 13.3 Å². The quantitative estimate of drug-likeness (QED) is 0.705. The molecular formula is C11H22N2S. The Morgan fingerprint density at radius 1 is 1.36 bits per heavy atom. The van der Waals surface area contributed by atoms with E-state index in [0.717, 1.165) is 11.7 Å². The first-order chi connectivity index (χ1) is 6.63. The SMILES string of the molecule is CC(CS)CN1CCC2(CN(C)C2)C1. The van der Waals surface area contributed by atoms with Gasteiger partial charge in [0.05, 0.1) is 0 Å². The molecule has 2 aliphatic heterocycles. The highest BCUT2D eigenvalue weighted by atomic mass is 32.1. The Balaban J connectivity index is 1.78. The maximum atomic E-state index is 4.35. The molecule has 1 spiro atoms. The Labute approximate surface area is 93.1 Å². The lowest BCUT2D eigenvalue weighted by Gasteiger charge is -2.46. The lowest BCUT2D eigenvalue weighted by Crippen LogP contribution is -2.55. The molecule has 2 saturated heterocycles. The summed E-state index contributed by atoms with van der Waals surface area (Å²) in [6, 6.07) is 0. The summed E-state index contributed by atoms with van der Waals surface area (Å²) in [6.45, 7) is 8.82. The van der Waals surface area contributed by atoms with Gasteiger partial charge in [0, 0.05) is 31.6 Å². The minimum atomic E-state index is 0.672. The summed E-state index contributed by atoms with van der Waals surface area (Å²) < 4.78 is 0. The van der Waals surface area contributed by atoms with Crippen molar-refractivity contribution in [2.75, 3.05) is 45.5 Å². The Morgan fingerprint density at radius 2 is 2.07 bits per heavy atom. The van der Waals surface area contributed by atoms with Gasteiger partial charge < -0.3 is 9.80 Å². The predicted molar refractivity (Wildman–Crippen MR) is 64.0 cm³/mol. The lowest BCUT2D eigenvalue weighted by molar-refractivity contribution is 0.0299. The van der Waals surface area contributed by atoms with Crippen LogP contribution in [-0.2, 0) is 0 Å². The molecule has 2 heterocycles. The average Bonchev–Trinajstić information content (AvgIpc) is 2.48. The molecule has 0 aromatic carbocycles. The van der Waals surface area contributed by atoms with E-state index in [0.29, 0.717) is 5.41 Å². The topological polar surface area (TPSA) is 6.48 Å². The molecule has 0 bridgehead atoms. The molecule has 0 aromatic rings. The molecule has 2 aliphatic rings. The summed E-state index contributed by atoms with van der Waals surface area (Å²) in [4.78, 5) is 5.07. The van der Waals surface area contributed by atoms with Crippen LogP contribution in [-0.4, -0.2) is 55.3 Å². The van der Waals surface area contributed by atoms with Crippen molar-refractivity contribution in [3.8, 4) is 0 Å². The van der Waals surface area contributed by atoms with Crippen LogP contribution in [0.5, 0.6) is 0 Å². The van der Waals surface area contributed by atoms with Crippen LogP contribution in [0.25, 0.3) is 0 Å². The molecule has 2 fully saturated rings. The molecule has 0 radical (unpaired) electrons. The third-order valence-corrected chi connectivity index (χ3v) is 4.23. The molecule has 14 heavy (non-hydrogen) atoms. The van der Waals surface area contributed by atoms with E-state index in [4.69, 9.17) is 0 Å². The summed E-state index contributed by atoms with van der Waals surface area (Å²) in [7, 11) is 2.23. The van der Waals surface area contributed by atoms with Gasteiger partial charge in [-0.3, -0.25) is 0 Å². The van der Waals surface area contributed by atoms with Gasteiger partial charge in [-0.2, -0.15) is 12.6 Å². The van der Waals surface area contributed by atoms with E-state index in [1.165, 1.54) is 39.1 Å². The summed E-state index contributed by atoms with van der Waals surface area (Å²) in [5.74, 6) is 1.76. The van der Waals surface area contributed by atoms with E-state index in [-0.39, 0.29) is 0 Å². The number of thiol groups is 1. The van der Waals surface area contributed by atoms with Gasteiger partial charge in [-0.1, -0.05) is 6.92 Å². The van der Waals surface area contributed by atoms with Crippen LogP contribution in [0.3, 0.4) is 0 Å². The van der Waals surface area contributed by atoms with E-state index in [2.05, 4.69) is 36.4 Å². The highest BCUT2D eigenvalue weighted by Gasteiger charge is 2.45. The van der Waals surface area contributed by atoms with Gasteiger partial charge in [-0.05, 0) is 31.7 Å². The third kappa shape index (κ3) is 2.10. The van der Waals surface area contributed by atoms with E-state index >= 15 is 0 Å². The first-order valence-corrected chi connectivity index (χ1v) is 6.29. The number of nitrogens with zero attached hydrogens (tertiary/aromatic N) is 2. The van der Waals surface area contributed by atoms with Crippen molar-refractivity contribution in [1.82, 2.24) is 9.80 Å². The standard InChI is InChI=1S/C11H22N2S/c1-10(6-14)5-13-4-3-11(9-13)7-12(2)8-11/h10,14H,3-9H2,1-2H3. The van der Waals surface area contributed by atoms with Crippen molar-refractivity contribution in [2.45, 2.75) is 13.3 Å². The Morgan fingerprint density at radius 3 is 2.64 bits per heavy atom. The maximum Gasteiger partial charge on any atom is 0.00966 e. The lowest BCUT2D eigenvalue weighted by atomic mass is 9.79. The Kier molecular flexibility index (Phi) is 3.10. The second kappa shape index (κ2) is 4.03. The largest absolute Gasteiger partial charge is 0.305 e. The Bertz CT molecular complexity index is 201. The van der Waals surface area contributed by atoms with Gasteiger partial charge in [0.15, 0.2) is 0 Å². The van der Waals surface area contributed by atoms with Gasteiger partial charge in [0.1, 0.15) is 0 Å². The monoisotopic (exact) mass is 214 g/mol. The normalized spacial score (nSPS) is 29.4. The zero-order valence-corrected chi connectivity index (χ0v) is 10.3. The smallest absolute Gasteiger partial charge is 0.00966 e. The molecule has 0 N–H and O–H groups in total. The highest BCUT2D eigenvalue weighted by Crippen LogP contribution is 2.38. The second-order valence-corrected chi connectivity index (χ2v) is 5.81. The molecule has 0 aliphatic carbocycles. The molecule has 82 valence electrons. The van der Waals surface area contributed by atoms with E-state index in [1.807, 2.05) is 0 Å². The van der Waals surface area contributed by atoms with Crippen molar-refractivity contribution in [3.05, 3.63) is 0 Å². The minimum Gasteiger partial charge on any atom is -0.305 e.